The Hall–Kier alpha value is -1.15. The first-order valence-corrected chi connectivity index (χ1v) is 10.3. The monoisotopic (exact) mass is 347 g/mol. The fourth-order valence-electron chi connectivity index (χ4n) is 2.59. The molecule has 0 aromatic rings. The van der Waals surface area contributed by atoms with Gasteiger partial charge in [0.1, 0.15) is 9.84 Å². The molecule has 0 N–H and O–H groups in total. The Morgan fingerprint density at radius 3 is 1.74 bits per heavy atom. The fraction of sp³-hybridized carbons (Fsp3) is 0.867. The minimum Gasteiger partial charge on any atom is -0.339 e. The Morgan fingerprint density at radius 2 is 1.35 bits per heavy atom. The van der Waals surface area contributed by atoms with Crippen LogP contribution in [0.1, 0.15) is 26.7 Å². The van der Waals surface area contributed by atoms with Gasteiger partial charge in [-0.1, -0.05) is 13.8 Å². The second-order valence-corrected chi connectivity index (χ2v) is 8.18. The first-order valence-electron chi connectivity index (χ1n) is 8.22. The van der Waals surface area contributed by atoms with Gasteiger partial charge in [-0.2, -0.15) is 0 Å². The molecule has 1 fully saturated rings. The Balaban J connectivity index is 2.34. The van der Waals surface area contributed by atoms with Gasteiger partial charge in [0.15, 0.2) is 0 Å². The Kier molecular flexibility index (Phi) is 7.98. The molecule has 1 heterocycles. The predicted molar refractivity (Wildman–Crippen MR) is 89.9 cm³/mol. The average Bonchev–Trinajstić information content (AvgIpc) is 2.52. The summed E-state index contributed by atoms with van der Waals surface area (Å²) < 4.78 is 22.2. The fourth-order valence-corrected chi connectivity index (χ4v) is 3.13. The highest BCUT2D eigenvalue weighted by molar-refractivity contribution is 7.90. The molecule has 0 aliphatic carbocycles. The number of amides is 2. The Bertz CT molecular complexity index is 495. The maximum absolute atomic E-state index is 12.2. The summed E-state index contributed by atoms with van der Waals surface area (Å²) in [5.74, 6) is -0.139. The molecule has 2 amide bonds. The third kappa shape index (κ3) is 7.30. The van der Waals surface area contributed by atoms with Crippen molar-refractivity contribution in [1.82, 2.24) is 14.7 Å². The molecule has 134 valence electrons. The zero-order valence-electron chi connectivity index (χ0n) is 14.5. The summed E-state index contributed by atoms with van der Waals surface area (Å²) in [6, 6.07) is 0. The van der Waals surface area contributed by atoms with Crippen molar-refractivity contribution in [3.8, 4) is 0 Å². The van der Waals surface area contributed by atoms with Crippen LogP contribution < -0.4 is 0 Å². The SMILES string of the molecule is CCN(CC)CCC(=O)N1CCN(C(=O)CCS(C)(=O)=O)CC1. The van der Waals surface area contributed by atoms with Gasteiger partial charge in [0.25, 0.3) is 0 Å². The van der Waals surface area contributed by atoms with Crippen LogP contribution in [0, 0.1) is 0 Å². The van der Waals surface area contributed by atoms with E-state index in [4.69, 9.17) is 0 Å². The molecular weight excluding hydrogens is 318 g/mol. The minimum absolute atomic E-state index is 0.0226. The van der Waals surface area contributed by atoms with Gasteiger partial charge < -0.3 is 14.7 Å². The van der Waals surface area contributed by atoms with Crippen molar-refractivity contribution < 1.29 is 18.0 Å². The first-order chi connectivity index (χ1) is 10.8. The smallest absolute Gasteiger partial charge is 0.223 e. The third-order valence-corrected chi connectivity index (χ3v) is 5.15. The van der Waals surface area contributed by atoms with Gasteiger partial charge in [-0.25, -0.2) is 8.42 Å². The van der Waals surface area contributed by atoms with Crippen LogP contribution >= 0.6 is 0 Å². The van der Waals surface area contributed by atoms with Crippen LogP contribution in [0.2, 0.25) is 0 Å². The molecular formula is C15H29N3O4S. The molecule has 0 saturated carbocycles. The average molecular weight is 347 g/mol. The van der Waals surface area contributed by atoms with E-state index in [1.807, 2.05) is 0 Å². The zero-order chi connectivity index (χ0) is 17.5. The highest BCUT2D eigenvalue weighted by Gasteiger charge is 2.24. The highest BCUT2D eigenvalue weighted by atomic mass is 32.2. The Morgan fingerprint density at radius 1 is 0.913 bits per heavy atom. The number of hydrogen-bond acceptors (Lipinski definition) is 5. The van der Waals surface area contributed by atoms with E-state index in [2.05, 4.69) is 18.7 Å². The number of nitrogens with zero attached hydrogens (tertiary/aromatic N) is 3. The van der Waals surface area contributed by atoms with Crippen molar-refractivity contribution in [1.29, 1.82) is 0 Å². The Labute approximate surface area is 139 Å². The normalized spacial score (nSPS) is 16.0. The summed E-state index contributed by atoms with van der Waals surface area (Å²) in [6.45, 7) is 8.82. The van der Waals surface area contributed by atoms with Gasteiger partial charge in [0.2, 0.25) is 11.8 Å². The minimum atomic E-state index is -3.12. The van der Waals surface area contributed by atoms with E-state index in [9.17, 15) is 18.0 Å². The molecule has 0 aromatic carbocycles. The molecule has 1 aliphatic rings. The van der Waals surface area contributed by atoms with E-state index in [0.717, 1.165) is 25.9 Å². The molecule has 0 bridgehead atoms. The van der Waals surface area contributed by atoms with E-state index in [0.29, 0.717) is 32.6 Å². The lowest BCUT2D eigenvalue weighted by Gasteiger charge is -2.35. The number of sulfone groups is 1. The molecule has 1 saturated heterocycles. The molecule has 0 aromatic heterocycles. The topological polar surface area (TPSA) is 78.0 Å². The van der Waals surface area contributed by atoms with Crippen molar-refractivity contribution in [3.63, 3.8) is 0 Å². The second kappa shape index (κ2) is 9.22. The van der Waals surface area contributed by atoms with Gasteiger partial charge in [-0.3, -0.25) is 9.59 Å². The van der Waals surface area contributed by atoms with E-state index in [-0.39, 0.29) is 24.0 Å². The molecule has 23 heavy (non-hydrogen) atoms. The number of rotatable bonds is 8. The van der Waals surface area contributed by atoms with Gasteiger partial charge in [-0.15, -0.1) is 0 Å². The first kappa shape index (κ1) is 19.9. The van der Waals surface area contributed by atoms with Crippen molar-refractivity contribution in [2.24, 2.45) is 0 Å². The summed E-state index contributed by atoms with van der Waals surface area (Å²) >= 11 is 0. The van der Waals surface area contributed by atoms with E-state index in [1.165, 1.54) is 0 Å². The standard InChI is InChI=1S/C15H29N3O4S/c1-4-16(5-2)8-6-14(19)17-9-11-18(12-10-17)15(20)7-13-23(3,21)22/h4-13H2,1-3H3. The van der Waals surface area contributed by atoms with Crippen molar-refractivity contribution in [2.45, 2.75) is 26.7 Å². The van der Waals surface area contributed by atoms with Gasteiger partial charge in [0.05, 0.1) is 5.75 Å². The molecule has 0 atom stereocenters. The molecule has 8 heteroatoms. The van der Waals surface area contributed by atoms with Crippen LogP contribution in [0.15, 0.2) is 0 Å². The van der Waals surface area contributed by atoms with Crippen LogP contribution in [0.4, 0.5) is 0 Å². The molecule has 1 aliphatic heterocycles. The van der Waals surface area contributed by atoms with E-state index < -0.39 is 9.84 Å². The van der Waals surface area contributed by atoms with E-state index >= 15 is 0 Å². The van der Waals surface area contributed by atoms with E-state index in [1.54, 1.807) is 9.80 Å². The highest BCUT2D eigenvalue weighted by Crippen LogP contribution is 2.07. The lowest BCUT2D eigenvalue weighted by molar-refractivity contribution is -0.139. The second-order valence-electron chi connectivity index (χ2n) is 5.92. The van der Waals surface area contributed by atoms with Crippen LogP contribution in [0.25, 0.3) is 0 Å². The number of piperazine rings is 1. The quantitative estimate of drug-likeness (QED) is 0.609. The van der Waals surface area contributed by atoms with Gasteiger partial charge in [-0.05, 0) is 13.1 Å². The maximum atomic E-state index is 12.2. The van der Waals surface area contributed by atoms with Crippen LogP contribution in [0.5, 0.6) is 0 Å². The van der Waals surface area contributed by atoms with Crippen LogP contribution in [-0.4, -0.2) is 92.8 Å². The molecule has 0 radical (unpaired) electrons. The van der Waals surface area contributed by atoms with Gasteiger partial charge in [0, 0.05) is 51.8 Å². The molecule has 0 spiro atoms. The van der Waals surface area contributed by atoms with Crippen molar-refractivity contribution in [3.05, 3.63) is 0 Å². The van der Waals surface area contributed by atoms with Crippen LogP contribution in [-0.2, 0) is 19.4 Å². The lowest BCUT2D eigenvalue weighted by atomic mass is 10.2. The predicted octanol–water partition coefficient (Wildman–Crippen LogP) is -0.176. The summed E-state index contributed by atoms with van der Waals surface area (Å²) in [5.41, 5.74) is 0. The number of hydrogen-bond donors (Lipinski definition) is 0. The van der Waals surface area contributed by atoms with Crippen LogP contribution in [0.3, 0.4) is 0 Å². The maximum Gasteiger partial charge on any atom is 0.223 e. The molecule has 0 unspecified atom stereocenters. The van der Waals surface area contributed by atoms with Crippen molar-refractivity contribution in [2.75, 3.05) is 57.8 Å². The summed E-state index contributed by atoms with van der Waals surface area (Å²) in [7, 11) is -3.12. The van der Waals surface area contributed by atoms with Gasteiger partial charge >= 0.3 is 0 Å². The molecule has 1 rings (SSSR count). The zero-order valence-corrected chi connectivity index (χ0v) is 15.3. The summed E-state index contributed by atoms with van der Waals surface area (Å²) in [4.78, 5) is 29.8. The number of carbonyl (C=O) groups excluding carboxylic acids is 2. The largest absolute Gasteiger partial charge is 0.339 e. The molecule has 7 nitrogen and oxygen atoms in total. The van der Waals surface area contributed by atoms with Crippen molar-refractivity contribution >= 4 is 21.7 Å². The lowest BCUT2D eigenvalue weighted by Crippen LogP contribution is -2.51. The number of carbonyl (C=O) groups is 2. The third-order valence-electron chi connectivity index (χ3n) is 4.21. The summed E-state index contributed by atoms with van der Waals surface area (Å²) in [6.07, 6.45) is 1.66. The summed E-state index contributed by atoms with van der Waals surface area (Å²) in [5, 5.41) is 0.